The molecule has 0 aliphatic heterocycles. The summed E-state index contributed by atoms with van der Waals surface area (Å²) >= 11 is 1.39. The molecule has 1 rings (SSSR count). The van der Waals surface area contributed by atoms with E-state index in [4.69, 9.17) is 10.5 Å². The van der Waals surface area contributed by atoms with Crippen LogP contribution >= 0.6 is 11.5 Å². The number of ether oxygens (including phenoxy) is 1. The van der Waals surface area contributed by atoms with Crippen molar-refractivity contribution in [2.24, 2.45) is 5.73 Å². The van der Waals surface area contributed by atoms with E-state index in [1.165, 1.54) is 11.5 Å². The molecule has 0 aromatic carbocycles. The van der Waals surface area contributed by atoms with E-state index in [-0.39, 0.29) is 11.5 Å². The average molecular weight is 258 g/mol. The van der Waals surface area contributed by atoms with E-state index in [0.717, 1.165) is 17.4 Å². The largest absolute Gasteiger partial charge is 0.383 e. The molecule has 1 heterocycles. The predicted octanol–water partition coefficient (Wildman–Crippen LogP) is 1.61. The summed E-state index contributed by atoms with van der Waals surface area (Å²) in [6.45, 7) is 7.57. The van der Waals surface area contributed by atoms with E-state index in [9.17, 15) is 0 Å². The van der Waals surface area contributed by atoms with Crippen molar-refractivity contribution in [3.05, 3.63) is 5.82 Å². The van der Waals surface area contributed by atoms with Gasteiger partial charge in [-0.3, -0.25) is 0 Å². The topological polar surface area (TPSA) is 73.1 Å². The SMILES string of the molecule is COCC(CCN)Nc1nc(C(C)(C)C)ns1. The quantitative estimate of drug-likeness (QED) is 0.811. The molecule has 17 heavy (non-hydrogen) atoms. The minimum absolute atomic E-state index is 0.0128. The van der Waals surface area contributed by atoms with E-state index >= 15 is 0 Å². The first-order valence-corrected chi connectivity index (χ1v) is 6.54. The molecular formula is C11H22N4OS. The van der Waals surface area contributed by atoms with Crippen molar-refractivity contribution in [2.75, 3.05) is 25.6 Å². The normalized spacial score (nSPS) is 13.7. The summed E-state index contributed by atoms with van der Waals surface area (Å²) in [4.78, 5) is 4.49. The van der Waals surface area contributed by atoms with Gasteiger partial charge in [-0.05, 0) is 13.0 Å². The first-order chi connectivity index (χ1) is 7.97. The standard InChI is InChI=1S/C11H22N4OS/c1-11(2,3)9-14-10(17-15-9)13-8(5-6-12)7-16-4/h8H,5-7,12H2,1-4H3,(H,13,14,15). The Kier molecular flexibility index (Phi) is 5.30. The number of nitrogens with zero attached hydrogens (tertiary/aromatic N) is 2. The fourth-order valence-corrected chi connectivity index (χ4v) is 2.20. The zero-order chi connectivity index (χ0) is 12.9. The number of rotatable bonds is 6. The smallest absolute Gasteiger partial charge is 0.202 e. The van der Waals surface area contributed by atoms with Crippen LogP contribution in [0.25, 0.3) is 0 Å². The highest BCUT2D eigenvalue weighted by Gasteiger charge is 2.20. The Bertz CT molecular complexity index is 328. The van der Waals surface area contributed by atoms with Crippen LogP contribution in [0.3, 0.4) is 0 Å². The maximum absolute atomic E-state index is 5.56. The molecule has 3 N–H and O–H groups in total. The van der Waals surface area contributed by atoms with Gasteiger partial charge in [0.2, 0.25) is 5.13 Å². The Morgan fingerprint density at radius 1 is 1.47 bits per heavy atom. The van der Waals surface area contributed by atoms with Crippen LogP contribution in [0.1, 0.15) is 33.0 Å². The second-order valence-corrected chi connectivity index (χ2v) is 5.80. The summed E-state index contributed by atoms with van der Waals surface area (Å²) in [6.07, 6.45) is 0.859. The van der Waals surface area contributed by atoms with Gasteiger partial charge < -0.3 is 15.8 Å². The van der Waals surface area contributed by atoms with E-state index < -0.39 is 0 Å². The molecule has 1 aromatic rings. The van der Waals surface area contributed by atoms with Gasteiger partial charge in [-0.2, -0.15) is 4.37 Å². The van der Waals surface area contributed by atoms with Crippen molar-refractivity contribution in [3.8, 4) is 0 Å². The van der Waals surface area contributed by atoms with E-state index in [2.05, 4.69) is 35.4 Å². The first-order valence-electron chi connectivity index (χ1n) is 5.77. The highest BCUT2D eigenvalue weighted by molar-refractivity contribution is 7.09. The molecule has 0 saturated carbocycles. The van der Waals surface area contributed by atoms with Crippen LogP contribution in [0.15, 0.2) is 0 Å². The van der Waals surface area contributed by atoms with Crippen LogP contribution in [0.5, 0.6) is 0 Å². The molecule has 0 radical (unpaired) electrons. The minimum Gasteiger partial charge on any atom is -0.383 e. The predicted molar refractivity (Wildman–Crippen MR) is 71.6 cm³/mol. The summed E-state index contributed by atoms with van der Waals surface area (Å²) < 4.78 is 9.50. The van der Waals surface area contributed by atoms with Gasteiger partial charge in [0, 0.05) is 24.1 Å². The fraction of sp³-hybridized carbons (Fsp3) is 0.818. The first kappa shape index (κ1) is 14.3. The molecule has 0 bridgehead atoms. The lowest BCUT2D eigenvalue weighted by Gasteiger charge is -2.16. The third-order valence-corrected chi connectivity index (χ3v) is 2.95. The van der Waals surface area contributed by atoms with Gasteiger partial charge in [0.1, 0.15) is 5.82 Å². The van der Waals surface area contributed by atoms with Crippen molar-refractivity contribution in [1.82, 2.24) is 9.36 Å². The number of hydrogen-bond donors (Lipinski definition) is 2. The van der Waals surface area contributed by atoms with E-state index in [1.807, 2.05) is 0 Å². The third kappa shape index (κ3) is 4.57. The summed E-state index contributed by atoms with van der Waals surface area (Å²) in [5, 5.41) is 4.15. The number of methoxy groups -OCH3 is 1. The van der Waals surface area contributed by atoms with Crippen molar-refractivity contribution < 1.29 is 4.74 Å². The Hall–Kier alpha value is -0.720. The van der Waals surface area contributed by atoms with Gasteiger partial charge in [-0.25, -0.2) is 4.98 Å². The minimum atomic E-state index is -0.0128. The maximum atomic E-state index is 5.56. The van der Waals surface area contributed by atoms with Gasteiger partial charge in [0.05, 0.1) is 12.6 Å². The zero-order valence-electron chi connectivity index (χ0n) is 11.0. The highest BCUT2D eigenvalue weighted by atomic mass is 32.1. The number of nitrogens with two attached hydrogens (primary N) is 1. The van der Waals surface area contributed by atoms with E-state index in [0.29, 0.717) is 13.2 Å². The fourth-order valence-electron chi connectivity index (χ4n) is 1.36. The van der Waals surface area contributed by atoms with Crippen LogP contribution in [0.4, 0.5) is 5.13 Å². The molecule has 1 atom stereocenters. The van der Waals surface area contributed by atoms with Crippen molar-refractivity contribution in [3.63, 3.8) is 0 Å². The van der Waals surface area contributed by atoms with Gasteiger partial charge in [-0.15, -0.1) is 0 Å². The zero-order valence-corrected chi connectivity index (χ0v) is 11.8. The third-order valence-electron chi connectivity index (χ3n) is 2.31. The molecule has 6 heteroatoms. The summed E-state index contributed by atoms with van der Waals surface area (Å²) in [6, 6.07) is 0.200. The molecule has 0 aliphatic carbocycles. The number of nitrogens with one attached hydrogen (secondary N) is 1. The number of anilines is 1. The van der Waals surface area contributed by atoms with Gasteiger partial charge >= 0.3 is 0 Å². The molecule has 0 spiro atoms. The molecule has 98 valence electrons. The molecular weight excluding hydrogens is 236 g/mol. The monoisotopic (exact) mass is 258 g/mol. The van der Waals surface area contributed by atoms with Crippen LogP contribution < -0.4 is 11.1 Å². The maximum Gasteiger partial charge on any atom is 0.202 e. The van der Waals surface area contributed by atoms with Crippen molar-refractivity contribution >= 4 is 16.7 Å². The molecule has 1 aromatic heterocycles. The lowest BCUT2D eigenvalue weighted by Crippen LogP contribution is -2.27. The Morgan fingerprint density at radius 3 is 2.65 bits per heavy atom. The lowest BCUT2D eigenvalue weighted by atomic mass is 9.96. The number of aromatic nitrogens is 2. The lowest BCUT2D eigenvalue weighted by molar-refractivity contribution is 0.183. The molecule has 0 fully saturated rings. The summed E-state index contributed by atoms with van der Waals surface area (Å²) in [5.74, 6) is 0.869. The molecule has 0 saturated heterocycles. The van der Waals surface area contributed by atoms with E-state index in [1.54, 1.807) is 7.11 Å². The Balaban J connectivity index is 2.63. The number of hydrogen-bond acceptors (Lipinski definition) is 6. The summed E-state index contributed by atoms with van der Waals surface area (Å²) in [5.41, 5.74) is 5.55. The van der Waals surface area contributed by atoms with Crippen LogP contribution in [0, 0.1) is 0 Å². The van der Waals surface area contributed by atoms with Gasteiger partial charge in [-0.1, -0.05) is 20.8 Å². The Morgan fingerprint density at radius 2 is 2.18 bits per heavy atom. The van der Waals surface area contributed by atoms with Crippen molar-refractivity contribution in [2.45, 2.75) is 38.6 Å². The molecule has 0 aliphatic rings. The molecule has 1 unspecified atom stereocenters. The average Bonchev–Trinajstić information content (AvgIpc) is 2.66. The Labute approximate surface area is 107 Å². The van der Waals surface area contributed by atoms with Crippen LogP contribution in [0.2, 0.25) is 0 Å². The highest BCUT2D eigenvalue weighted by Crippen LogP contribution is 2.23. The molecule has 5 nitrogen and oxygen atoms in total. The molecule has 0 amide bonds. The second kappa shape index (κ2) is 6.28. The van der Waals surface area contributed by atoms with Gasteiger partial charge in [0.15, 0.2) is 0 Å². The van der Waals surface area contributed by atoms with Gasteiger partial charge in [0.25, 0.3) is 0 Å². The second-order valence-electron chi connectivity index (χ2n) is 5.05. The summed E-state index contributed by atoms with van der Waals surface area (Å²) in [7, 11) is 1.69. The van der Waals surface area contributed by atoms with Crippen LogP contribution in [-0.2, 0) is 10.2 Å². The van der Waals surface area contributed by atoms with Crippen LogP contribution in [-0.4, -0.2) is 35.7 Å². The van der Waals surface area contributed by atoms with Crippen molar-refractivity contribution in [1.29, 1.82) is 0 Å².